The summed E-state index contributed by atoms with van der Waals surface area (Å²) in [7, 11) is 0. The molecule has 0 aliphatic carbocycles. The number of rotatable bonds is 4. The van der Waals surface area contributed by atoms with Crippen LogP contribution in [0.4, 0.5) is 0 Å². The Hall–Kier alpha value is -5.29. The number of hydrogen-bond donors (Lipinski definition) is 1. The third kappa shape index (κ3) is 4.40. The van der Waals surface area contributed by atoms with Gasteiger partial charge in [-0.1, -0.05) is 87.5 Å². The van der Waals surface area contributed by atoms with E-state index in [0.717, 1.165) is 61.3 Å². The lowest BCUT2D eigenvalue weighted by atomic mass is 9.87. The van der Waals surface area contributed by atoms with Crippen molar-refractivity contribution < 1.29 is 5.11 Å². The van der Waals surface area contributed by atoms with Crippen LogP contribution in [0.15, 0.2) is 122 Å². The van der Waals surface area contributed by atoms with Crippen LogP contribution in [0.3, 0.4) is 0 Å². The molecule has 1 N–H and O–H groups in total. The first-order chi connectivity index (χ1) is 20.4. The average Bonchev–Trinajstić information content (AvgIpc) is 3.41. The van der Waals surface area contributed by atoms with E-state index in [0.29, 0.717) is 0 Å². The van der Waals surface area contributed by atoms with Crippen molar-refractivity contribution in [3.05, 3.63) is 127 Å². The Morgan fingerprint density at radius 1 is 0.667 bits per heavy atom. The number of nitrogens with zero attached hydrogens (tertiary/aromatic N) is 4. The summed E-state index contributed by atoms with van der Waals surface area (Å²) in [6, 6.07) is 34.6. The molecule has 0 atom stereocenters. The second kappa shape index (κ2) is 9.96. The molecule has 0 aliphatic rings. The Bertz CT molecular complexity index is 2080. The Morgan fingerprint density at radius 3 is 2.19 bits per heavy atom. The van der Waals surface area contributed by atoms with Gasteiger partial charge in [0.15, 0.2) is 0 Å². The molecule has 5 heteroatoms. The van der Waals surface area contributed by atoms with Crippen LogP contribution >= 0.6 is 0 Å². The van der Waals surface area contributed by atoms with Gasteiger partial charge < -0.3 is 5.11 Å². The molecule has 204 valence electrons. The van der Waals surface area contributed by atoms with Gasteiger partial charge in [-0.3, -0.25) is 14.5 Å². The van der Waals surface area contributed by atoms with Crippen LogP contribution in [-0.4, -0.2) is 24.6 Å². The van der Waals surface area contributed by atoms with Crippen molar-refractivity contribution in [2.45, 2.75) is 26.2 Å². The molecule has 7 rings (SSSR count). The fourth-order valence-corrected chi connectivity index (χ4v) is 5.63. The maximum atomic E-state index is 10.7. The summed E-state index contributed by atoms with van der Waals surface area (Å²) >= 11 is 0. The van der Waals surface area contributed by atoms with Crippen LogP contribution in [0.5, 0.6) is 5.75 Å². The van der Waals surface area contributed by atoms with E-state index in [1.165, 1.54) is 5.56 Å². The second-order valence-corrected chi connectivity index (χ2v) is 11.6. The molecule has 5 nitrogen and oxygen atoms in total. The van der Waals surface area contributed by atoms with E-state index in [9.17, 15) is 5.11 Å². The molecule has 3 aromatic heterocycles. The Balaban J connectivity index is 1.48. The van der Waals surface area contributed by atoms with E-state index in [1.54, 1.807) is 6.07 Å². The van der Waals surface area contributed by atoms with E-state index in [-0.39, 0.29) is 11.2 Å². The normalized spacial score (nSPS) is 11.8. The summed E-state index contributed by atoms with van der Waals surface area (Å²) in [6.45, 7) is 6.66. The van der Waals surface area contributed by atoms with E-state index >= 15 is 0 Å². The van der Waals surface area contributed by atoms with Crippen molar-refractivity contribution in [3.63, 3.8) is 0 Å². The zero-order valence-corrected chi connectivity index (χ0v) is 23.8. The summed E-state index contributed by atoms with van der Waals surface area (Å²) in [6.07, 6.45) is 5.57. The van der Waals surface area contributed by atoms with Crippen LogP contribution in [-0.2, 0) is 5.41 Å². The maximum absolute atomic E-state index is 10.7. The summed E-state index contributed by atoms with van der Waals surface area (Å²) in [5.41, 5.74) is 9.52. The van der Waals surface area contributed by atoms with Gasteiger partial charge in [0.05, 0.1) is 16.6 Å². The van der Waals surface area contributed by atoms with Crippen molar-refractivity contribution in [1.82, 2.24) is 19.5 Å². The number of imidazole rings is 1. The van der Waals surface area contributed by atoms with Crippen molar-refractivity contribution in [1.29, 1.82) is 0 Å². The van der Waals surface area contributed by atoms with Crippen molar-refractivity contribution >= 4 is 21.9 Å². The molecule has 4 aromatic carbocycles. The van der Waals surface area contributed by atoms with Crippen molar-refractivity contribution in [2.75, 3.05) is 0 Å². The van der Waals surface area contributed by atoms with Gasteiger partial charge in [-0.2, -0.15) is 0 Å². The van der Waals surface area contributed by atoms with Crippen molar-refractivity contribution in [2.24, 2.45) is 0 Å². The molecule has 42 heavy (non-hydrogen) atoms. The van der Waals surface area contributed by atoms with Gasteiger partial charge >= 0.3 is 0 Å². The molecule has 7 aromatic rings. The van der Waals surface area contributed by atoms with Gasteiger partial charge in [-0.05, 0) is 47.4 Å². The van der Waals surface area contributed by atoms with Crippen LogP contribution in [0.25, 0.3) is 61.3 Å². The quantitative estimate of drug-likeness (QED) is 0.239. The SMILES string of the molecule is CC(C)(C)c1ccc(-n2c(-c3cncc(-c4cccc5cccnc45)c3)nc3c(-c4ccccc4O)cccc32)cc1. The van der Waals surface area contributed by atoms with Gasteiger partial charge in [-0.25, -0.2) is 4.98 Å². The number of phenolic OH excluding ortho intramolecular Hbond substituents is 1. The molecular formula is C37H30N4O. The first kappa shape index (κ1) is 25.7. The molecule has 0 aliphatic heterocycles. The van der Waals surface area contributed by atoms with Crippen LogP contribution in [0.1, 0.15) is 26.3 Å². The lowest BCUT2D eigenvalue weighted by Crippen LogP contribution is -2.11. The fourth-order valence-electron chi connectivity index (χ4n) is 5.63. The zero-order chi connectivity index (χ0) is 28.8. The van der Waals surface area contributed by atoms with Gasteiger partial charge in [-0.15, -0.1) is 0 Å². The number of fused-ring (bicyclic) bond motifs is 2. The number of aromatic nitrogens is 4. The molecule has 0 amide bonds. The third-order valence-corrected chi connectivity index (χ3v) is 7.81. The van der Waals surface area contributed by atoms with Gasteiger partial charge in [0.25, 0.3) is 0 Å². The Kier molecular flexibility index (Phi) is 6.09. The standard InChI is InChI=1S/C37H30N4O/c1-37(2,3)27-16-18-28(19-17-27)41-32-14-7-13-31(30-11-4-5-15-33(30)42)35(32)40-36(41)26-21-25(22-38-23-26)29-12-6-9-24-10-8-20-39-34(24)29/h4-23,42H,1-3H3. The molecule has 3 heterocycles. The van der Waals surface area contributed by atoms with E-state index in [4.69, 9.17) is 4.98 Å². The van der Waals surface area contributed by atoms with Crippen LogP contribution < -0.4 is 0 Å². The van der Waals surface area contributed by atoms with Gasteiger partial charge in [0.2, 0.25) is 0 Å². The molecule has 0 fully saturated rings. The molecule has 0 spiro atoms. The molecule has 0 saturated carbocycles. The van der Waals surface area contributed by atoms with Crippen LogP contribution in [0.2, 0.25) is 0 Å². The molecular weight excluding hydrogens is 516 g/mol. The monoisotopic (exact) mass is 546 g/mol. The highest BCUT2D eigenvalue weighted by Gasteiger charge is 2.20. The maximum Gasteiger partial charge on any atom is 0.147 e. The van der Waals surface area contributed by atoms with Gasteiger partial charge in [0, 0.05) is 57.5 Å². The van der Waals surface area contributed by atoms with E-state index < -0.39 is 0 Å². The summed E-state index contributed by atoms with van der Waals surface area (Å²) in [4.78, 5) is 14.6. The second-order valence-electron chi connectivity index (χ2n) is 11.6. The highest BCUT2D eigenvalue weighted by Crippen LogP contribution is 2.38. The van der Waals surface area contributed by atoms with E-state index in [1.807, 2.05) is 55.0 Å². The third-order valence-electron chi connectivity index (χ3n) is 7.81. The minimum atomic E-state index is 0.0428. The largest absolute Gasteiger partial charge is 0.507 e. The highest BCUT2D eigenvalue weighted by atomic mass is 16.3. The zero-order valence-electron chi connectivity index (χ0n) is 23.8. The highest BCUT2D eigenvalue weighted by molar-refractivity contribution is 5.97. The Labute approximate surface area is 244 Å². The van der Waals surface area contributed by atoms with Crippen LogP contribution in [0, 0.1) is 0 Å². The summed E-state index contributed by atoms with van der Waals surface area (Å²) < 4.78 is 2.19. The Morgan fingerprint density at radius 2 is 1.38 bits per heavy atom. The lowest BCUT2D eigenvalue weighted by molar-refractivity contribution is 0.477. The van der Waals surface area contributed by atoms with Gasteiger partial charge in [0.1, 0.15) is 11.6 Å². The topological polar surface area (TPSA) is 63.8 Å². The smallest absolute Gasteiger partial charge is 0.147 e. The minimum absolute atomic E-state index is 0.0428. The molecule has 0 bridgehead atoms. The first-order valence-electron chi connectivity index (χ1n) is 14.1. The summed E-state index contributed by atoms with van der Waals surface area (Å²) in [5, 5.41) is 11.8. The summed E-state index contributed by atoms with van der Waals surface area (Å²) in [5.74, 6) is 1.00. The number of phenols is 1. The minimum Gasteiger partial charge on any atom is -0.507 e. The number of aromatic hydroxyl groups is 1. The molecule has 0 radical (unpaired) electrons. The number of para-hydroxylation sites is 3. The number of benzene rings is 4. The van der Waals surface area contributed by atoms with Crippen molar-refractivity contribution in [3.8, 4) is 45.1 Å². The number of pyridine rings is 2. The predicted molar refractivity (Wildman–Crippen MR) is 171 cm³/mol. The predicted octanol–water partition coefficient (Wildman–Crippen LogP) is 8.97. The molecule has 0 saturated heterocycles. The molecule has 0 unspecified atom stereocenters. The lowest BCUT2D eigenvalue weighted by Gasteiger charge is -2.19. The fraction of sp³-hybridized carbons (Fsp3) is 0.108. The van der Waals surface area contributed by atoms with E-state index in [2.05, 4.69) is 96.0 Å². The average molecular weight is 547 g/mol. The first-order valence-corrected chi connectivity index (χ1v) is 14.1. The number of hydrogen-bond acceptors (Lipinski definition) is 4.